The third-order valence-corrected chi connectivity index (χ3v) is 3.71. The molecular weight excluding hydrogens is 240 g/mol. The van der Waals surface area contributed by atoms with Gasteiger partial charge in [0.2, 0.25) is 0 Å². The molecular formula is C15H22N2O2. The number of aliphatic hydroxyl groups excluding tert-OH is 1. The summed E-state index contributed by atoms with van der Waals surface area (Å²) in [6.45, 7) is 1.27. The first kappa shape index (κ1) is 14.0. The quantitative estimate of drug-likeness (QED) is 0.743. The number of amides is 1. The van der Waals surface area contributed by atoms with Crippen molar-refractivity contribution in [2.75, 3.05) is 13.1 Å². The standard InChI is InChI=1S/C15H22N2O2/c16-8-7-11-1-4-13(5-2-11)15(19)17-10-12-3-6-14(18)9-12/h1-2,4-5,12,14,18H,3,6-10,16H2,(H,17,19). The molecule has 2 rings (SSSR count). The average Bonchev–Trinajstić information content (AvgIpc) is 2.83. The van der Waals surface area contributed by atoms with E-state index >= 15 is 0 Å². The highest BCUT2D eigenvalue weighted by molar-refractivity contribution is 5.94. The lowest BCUT2D eigenvalue weighted by Crippen LogP contribution is -2.28. The molecule has 4 heteroatoms. The number of nitrogens with one attached hydrogen (secondary N) is 1. The normalized spacial score (nSPS) is 22.4. The highest BCUT2D eigenvalue weighted by Gasteiger charge is 2.23. The summed E-state index contributed by atoms with van der Waals surface area (Å²) >= 11 is 0. The minimum atomic E-state index is -0.183. The van der Waals surface area contributed by atoms with Gasteiger partial charge in [0, 0.05) is 12.1 Å². The molecule has 104 valence electrons. The molecule has 1 aromatic rings. The highest BCUT2D eigenvalue weighted by atomic mass is 16.3. The van der Waals surface area contributed by atoms with Crippen LogP contribution in [0.1, 0.15) is 35.2 Å². The van der Waals surface area contributed by atoms with Crippen molar-refractivity contribution in [3.63, 3.8) is 0 Å². The molecule has 1 aliphatic carbocycles. The van der Waals surface area contributed by atoms with Gasteiger partial charge in [-0.2, -0.15) is 0 Å². The monoisotopic (exact) mass is 262 g/mol. The minimum absolute atomic E-state index is 0.0410. The summed E-state index contributed by atoms with van der Waals surface area (Å²) < 4.78 is 0. The van der Waals surface area contributed by atoms with Crippen LogP contribution in [0.25, 0.3) is 0 Å². The summed E-state index contributed by atoms with van der Waals surface area (Å²) in [7, 11) is 0. The van der Waals surface area contributed by atoms with Gasteiger partial charge in [0.1, 0.15) is 0 Å². The predicted molar refractivity (Wildman–Crippen MR) is 74.9 cm³/mol. The molecule has 0 radical (unpaired) electrons. The largest absolute Gasteiger partial charge is 0.393 e. The number of carbonyl (C=O) groups excluding carboxylic acids is 1. The first-order chi connectivity index (χ1) is 9.19. The fourth-order valence-corrected chi connectivity index (χ4v) is 2.56. The molecule has 19 heavy (non-hydrogen) atoms. The fourth-order valence-electron chi connectivity index (χ4n) is 2.56. The van der Waals surface area contributed by atoms with Crippen LogP contribution in [0.5, 0.6) is 0 Å². The van der Waals surface area contributed by atoms with E-state index in [0.29, 0.717) is 24.6 Å². The van der Waals surface area contributed by atoms with Gasteiger partial charge in [-0.3, -0.25) is 4.79 Å². The topological polar surface area (TPSA) is 75.4 Å². The Morgan fingerprint density at radius 2 is 2.05 bits per heavy atom. The molecule has 1 saturated carbocycles. The average molecular weight is 262 g/mol. The Bertz CT molecular complexity index is 417. The molecule has 2 unspecified atom stereocenters. The molecule has 1 aliphatic rings. The van der Waals surface area contributed by atoms with E-state index < -0.39 is 0 Å². The predicted octanol–water partition coefficient (Wildman–Crippen LogP) is 1.08. The molecule has 1 fully saturated rings. The molecule has 4 N–H and O–H groups in total. The maximum atomic E-state index is 12.0. The van der Waals surface area contributed by atoms with Crippen molar-refractivity contribution >= 4 is 5.91 Å². The van der Waals surface area contributed by atoms with E-state index in [2.05, 4.69) is 5.32 Å². The van der Waals surface area contributed by atoms with Crippen LogP contribution in [0.15, 0.2) is 24.3 Å². The Labute approximate surface area is 114 Å². The van der Waals surface area contributed by atoms with Gasteiger partial charge in [-0.15, -0.1) is 0 Å². The van der Waals surface area contributed by atoms with Crippen molar-refractivity contribution in [3.8, 4) is 0 Å². The van der Waals surface area contributed by atoms with Gasteiger partial charge < -0.3 is 16.2 Å². The molecule has 0 heterocycles. The van der Waals surface area contributed by atoms with Crippen LogP contribution in [0.2, 0.25) is 0 Å². The van der Waals surface area contributed by atoms with E-state index in [1.807, 2.05) is 24.3 Å². The summed E-state index contributed by atoms with van der Waals surface area (Å²) in [6, 6.07) is 7.57. The van der Waals surface area contributed by atoms with Gasteiger partial charge in [0.25, 0.3) is 5.91 Å². The molecule has 0 spiro atoms. The summed E-state index contributed by atoms with van der Waals surface area (Å²) in [5, 5.41) is 12.4. The number of rotatable bonds is 5. The second kappa shape index (κ2) is 6.68. The lowest BCUT2D eigenvalue weighted by Gasteiger charge is -2.11. The summed E-state index contributed by atoms with van der Waals surface area (Å²) in [4.78, 5) is 12.0. The number of hydrogen-bond acceptors (Lipinski definition) is 3. The molecule has 0 aromatic heterocycles. The van der Waals surface area contributed by atoms with Crippen LogP contribution in [0, 0.1) is 5.92 Å². The third kappa shape index (κ3) is 4.04. The smallest absolute Gasteiger partial charge is 0.251 e. The van der Waals surface area contributed by atoms with E-state index in [1.54, 1.807) is 0 Å². The molecule has 4 nitrogen and oxygen atoms in total. The van der Waals surface area contributed by atoms with E-state index in [-0.39, 0.29) is 12.0 Å². The Hall–Kier alpha value is -1.39. The molecule has 0 saturated heterocycles. The summed E-state index contributed by atoms with van der Waals surface area (Å²) in [5.74, 6) is 0.371. The second-order valence-electron chi connectivity index (χ2n) is 5.28. The lowest BCUT2D eigenvalue weighted by molar-refractivity contribution is 0.0945. The van der Waals surface area contributed by atoms with Crippen molar-refractivity contribution in [1.82, 2.24) is 5.32 Å². The fraction of sp³-hybridized carbons (Fsp3) is 0.533. The summed E-state index contributed by atoms with van der Waals surface area (Å²) in [6.07, 6.45) is 3.31. The van der Waals surface area contributed by atoms with E-state index in [0.717, 1.165) is 31.2 Å². The van der Waals surface area contributed by atoms with Gasteiger partial charge in [0.05, 0.1) is 6.10 Å². The van der Waals surface area contributed by atoms with E-state index in [4.69, 9.17) is 5.73 Å². The van der Waals surface area contributed by atoms with Crippen molar-refractivity contribution in [3.05, 3.63) is 35.4 Å². The molecule has 0 bridgehead atoms. The van der Waals surface area contributed by atoms with Crippen LogP contribution in [0.4, 0.5) is 0 Å². The second-order valence-corrected chi connectivity index (χ2v) is 5.28. The van der Waals surface area contributed by atoms with Crippen molar-refractivity contribution < 1.29 is 9.90 Å². The van der Waals surface area contributed by atoms with Crippen molar-refractivity contribution in [2.24, 2.45) is 11.7 Å². The molecule has 1 amide bonds. The zero-order chi connectivity index (χ0) is 13.7. The number of hydrogen-bond donors (Lipinski definition) is 3. The Kier molecular flexibility index (Phi) is 4.93. The van der Waals surface area contributed by atoms with E-state index in [9.17, 15) is 9.90 Å². The highest BCUT2D eigenvalue weighted by Crippen LogP contribution is 2.24. The number of nitrogens with two attached hydrogens (primary N) is 1. The van der Waals surface area contributed by atoms with Gasteiger partial charge in [0.15, 0.2) is 0 Å². The Morgan fingerprint density at radius 1 is 1.32 bits per heavy atom. The Balaban J connectivity index is 1.82. The van der Waals surface area contributed by atoms with Gasteiger partial charge >= 0.3 is 0 Å². The molecule has 0 aliphatic heterocycles. The molecule has 2 atom stereocenters. The first-order valence-corrected chi connectivity index (χ1v) is 6.94. The van der Waals surface area contributed by atoms with Gasteiger partial charge in [-0.25, -0.2) is 0 Å². The molecule has 1 aromatic carbocycles. The number of aliphatic hydroxyl groups is 1. The van der Waals surface area contributed by atoms with Gasteiger partial charge in [-0.1, -0.05) is 12.1 Å². The maximum absolute atomic E-state index is 12.0. The lowest BCUT2D eigenvalue weighted by atomic mass is 10.1. The van der Waals surface area contributed by atoms with Gasteiger partial charge in [-0.05, 0) is 55.8 Å². The maximum Gasteiger partial charge on any atom is 0.251 e. The van der Waals surface area contributed by atoms with Crippen LogP contribution in [-0.2, 0) is 6.42 Å². The van der Waals surface area contributed by atoms with Crippen LogP contribution in [-0.4, -0.2) is 30.2 Å². The number of carbonyl (C=O) groups is 1. The number of benzene rings is 1. The van der Waals surface area contributed by atoms with Crippen molar-refractivity contribution in [1.29, 1.82) is 0 Å². The Morgan fingerprint density at radius 3 is 2.63 bits per heavy atom. The van der Waals surface area contributed by atoms with Crippen molar-refractivity contribution in [2.45, 2.75) is 31.8 Å². The van der Waals surface area contributed by atoms with Crippen LogP contribution >= 0.6 is 0 Å². The third-order valence-electron chi connectivity index (χ3n) is 3.71. The SMILES string of the molecule is NCCc1ccc(C(=O)NCC2CCC(O)C2)cc1. The van der Waals surface area contributed by atoms with Crippen LogP contribution in [0.3, 0.4) is 0 Å². The summed E-state index contributed by atoms with van der Waals surface area (Å²) in [5.41, 5.74) is 7.32. The minimum Gasteiger partial charge on any atom is -0.393 e. The zero-order valence-corrected chi connectivity index (χ0v) is 11.1. The van der Waals surface area contributed by atoms with E-state index in [1.165, 1.54) is 0 Å². The van der Waals surface area contributed by atoms with Crippen LogP contribution < -0.4 is 11.1 Å². The zero-order valence-electron chi connectivity index (χ0n) is 11.1. The first-order valence-electron chi connectivity index (χ1n) is 6.94.